The van der Waals surface area contributed by atoms with Gasteiger partial charge in [0.25, 0.3) is 0 Å². The van der Waals surface area contributed by atoms with E-state index in [2.05, 4.69) is 10.1 Å². The Morgan fingerprint density at radius 2 is 1.70 bits per heavy atom. The molecule has 2 aromatic carbocycles. The largest absolute Gasteiger partial charge is 0.497 e. The second kappa shape index (κ2) is 9.94. The monoisotopic (exact) mass is 383 g/mol. The first-order valence-electron chi connectivity index (χ1n) is 8.10. The van der Waals surface area contributed by atoms with Crippen LogP contribution in [0.4, 0.5) is 18.9 Å². The van der Waals surface area contributed by atoms with Gasteiger partial charge >= 0.3 is 6.18 Å². The molecule has 5 nitrogen and oxygen atoms in total. The Morgan fingerprint density at radius 1 is 1.00 bits per heavy atom. The fraction of sp³-hybridized carbons (Fsp3) is 0.316. The average molecular weight is 383 g/mol. The van der Waals surface area contributed by atoms with Crippen molar-refractivity contribution >= 4 is 11.6 Å². The molecule has 0 aliphatic heterocycles. The van der Waals surface area contributed by atoms with Crippen molar-refractivity contribution in [2.45, 2.75) is 19.4 Å². The van der Waals surface area contributed by atoms with E-state index < -0.39 is 25.3 Å². The van der Waals surface area contributed by atoms with Crippen molar-refractivity contribution in [3.05, 3.63) is 59.7 Å². The highest BCUT2D eigenvalue weighted by Gasteiger charge is 2.27. The Balaban J connectivity index is 1.77. The summed E-state index contributed by atoms with van der Waals surface area (Å²) in [4.78, 5) is 11.6. The van der Waals surface area contributed by atoms with Crippen LogP contribution in [0.2, 0.25) is 0 Å². The second-order valence-electron chi connectivity index (χ2n) is 5.70. The van der Waals surface area contributed by atoms with E-state index in [1.807, 2.05) is 30.3 Å². The third-order valence-corrected chi connectivity index (χ3v) is 3.41. The van der Waals surface area contributed by atoms with Crippen LogP contribution < -0.4 is 10.1 Å². The molecule has 0 fully saturated rings. The predicted octanol–water partition coefficient (Wildman–Crippen LogP) is 3.93. The van der Waals surface area contributed by atoms with Crippen molar-refractivity contribution in [2.75, 3.05) is 25.6 Å². The zero-order chi connectivity index (χ0) is 19.7. The molecule has 0 aromatic heterocycles. The highest BCUT2D eigenvalue weighted by atomic mass is 19.4. The van der Waals surface area contributed by atoms with Crippen LogP contribution >= 0.6 is 0 Å². The molecular formula is C19H20F3NO4. The lowest BCUT2D eigenvalue weighted by molar-refractivity contribution is -0.174. The summed E-state index contributed by atoms with van der Waals surface area (Å²) in [5.41, 5.74) is 2.26. The summed E-state index contributed by atoms with van der Waals surface area (Å²) in [5, 5.41) is 2.49. The van der Waals surface area contributed by atoms with E-state index in [1.165, 1.54) is 0 Å². The number of amides is 1. The molecule has 0 heterocycles. The van der Waals surface area contributed by atoms with Gasteiger partial charge in [-0.3, -0.25) is 4.79 Å². The maximum absolute atomic E-state index is 12.0. The SMILES string of the molecule is COc1ccc(COCc2cccc(NC(=O)COCC(F)(F)F)c2)cc1. The fourth-order valence-electron chi connectivity index (χ4n) is 2.20. The zero-order valence-electron chi connectivity index (χ0n) is 14.7. The van der Waals surface area contributed by atoms with Crippen LogP contribution in [0.5, 0.6) is 5.75 Å². The Kier molecular flexibility index (Phi) is 7.63. The normalized spacial score (nSPS) is 11.3. The van der Waals surface area contributed by atoms with Gasteiger partial charge in [-0.1, -0.05) is 24.3 Å². The van der Waals surface area contributed by atoms with Gasteiger partial charge in [0.15, 0.2) is 0 Å². The third-order valence-electron chi connectivity index (χ3n) is 3.41. The van der Waals surface area contributed by atoms with Gasteiger partial charge in [0.1, 0.15) is 19.0 Å². The average Bonchev–Trinajstić information content (AvgIpc) is 2.61. The zero-order valence-corrected chi connectivity index (χ0v) is 14.7. The van der Waals surface area contributed by atoms with Crippen LogP contribution in [0, 0.1) is 0 Å². The fourth-order valence-corrected chi connectivity index (χ4v) is 2.20. The van der Waals surface area contributed by atoms with Crippen LogP contribution in [0.1, 0.15) is 11.1 Å². The second-order valence-corrected chi connectivity index (χ2v) is 5.70. The number of methoxy groups -OCH3 is 1. The van der Waals surface area contributed by atoms with Crippen molar-refractivity contribution in [1.29, 1.82) is 0 Å². The summed E-state index contributed by atoms with van der Waals surface area (Å²) in [7, 11) is 1.60. The summed E-state index contributed by atoms with van der Waals surface area (Å²) in [6.45, 7) is -1.40. The molecule has 0 unspecified atom stereocenters. The topological polar surface area (TPSA) is 56.8 Å². The Labute approximate surface area is 155 Å². The molecule has 8 heteroatoms. The molecule has 1 amide bonds. The highest BCUT2D eigenvalue weighted by molar-refractivity contribution is 5.91. The first kappa shape index (κ1) is 20.7. The first-order valence-corrected chi connectivity index (χ1v) is 8.10. The number of hydrogen-bond donors (Lipinski definition) is 1. The predicted molar refractivity (Wildman–Crippen MR) is 93.4 cm³/mol. The summed E-state index contributed by atoms with van der Waals surface area (Å²) >= 11 is 0. The molecule has 146 valence electrons. The molecule has 2 rings (SSSR count). The number of ether oxygens (including phenoxy) is 3. The summed E-state index contributed by atoms with van der Waals surface area (Å²) < 4.78 is 51.0. The van der Waals surface area contributed by atoms with Gasteiger partial charge in [0.05, 0.1) is 20.3 Å². The molecule has 0 saturated heterocycles. The summed E-state index contributed by atoms with van der Waals surface area (Å²) in [5.74, 6) is 0.108. The van der Waals surface area contributed by atoms with Crippen molar-refractivity contribution < 1.29 is 32.2 Å². The van der Waals surface area contributed by atoms with E-state index in [4.69, 9.17) is 9.47 Å². The van der Waals surface area contributed by atoms with Crippen LogP contribution in [0.25, 0.3) is 0 Å². The Morgan fingerprint density at radius 3 is 2.37 bits per heavy atom. The molecule has 0 aliphatic rings. The molecule has 0 radical (unpaired) electrons. The number of nitrogens with one attached hydrogen (secondary N) is 1. The van der Waals surface area contributed by atoms with Gasteiger partial charge in [-0.2, -0.15) is 13.2 Å². The molecule has 1 N–H and O–H groups in total. The van der Waals surface area contributed by atoms with Gasteiger partial charge in [-0.05, 0) is 35.4 Å². The Bertz CT molecular complexity index is 732. The van der Waals surface area contributed by atoms with Crippen LogP contribution in [-0.2, 0) is 27.5 Å². The van der Waals surface area contributed by atoms with E-state index >= 15 is 0 Å². The highest BCUT2D eigenvalue weighted by Crippen LogP contribution is 2.16. The number of alkyl halides is 3. The van der Waals surface area contributed by atoms with Gasteiger partial charge in [0, 0.05) is 5.69 Å². The quantitative estimate of drug-likeness (QED) is 0.713. The van der Waals surface area contributed by atoms with E-state index in [0.717, 1.165) is 16.9 Å². The molecule has 0 aliphatic carbocycles. The molecule has 0 spiro atoms. The van der Waals surface area contributed by atoms with Crippen molar-refractivity contribution in [1.82, 2.24) is 0 Å². The maximum atomic E-state index is 12.0. The van der Waals surface area contributed by atoms with Gasteiger partial charge in [-0.15, -0.1) is 0 Å². The smallest absolute Gasteiger partial charge is 0.411 e. The Hall–Kier alpha value is -2.58. The van der Waals surface area contributed by atoms with E-state index in [1.54, 1.807) is 25.3 Å². The van der Waals surface area contributed by atoms with E-state index in [9.17, 15) is 18.0 Å². The minimum atomic E-state index is -4.46. The number of halogens is 3. The molecule has 2 aromatic rings. The number of carbonyl (C=O) groups is 1. The first-order chi connectivity index (χ1) is 12.9. The van der Waals surface area contributed by atoms with Gasteiger partial charge in [0.2, 0.25) is 5.91 Å². The number of hydrogen-bond acceptors (Lipinski definition) is 4. The number of benzene rings is 2. The minimum Gasteiger partial charge on any atom is -0.497 e. The lowest BCUT2D eigenvalue weighted by atomic mass is 10.2. The van der Waals surface area contributed by atoms with Crippen LogP contribution in [0.15, 0.2) is 48.5 Å². The molecular weight excluding hydrogens is 363 g/mol. The number of anilines is 1. The van der Waals surface area contributed by atoms with E-state index in [-0.39, 0.29) is 0 Å². The standard InChI is InChI=1S/C19H20F3NO4/c1-25-17-7-5-14(6-8-17)10-26-11-15-3-2-4-16(9-15)23-18(24)12-27-13-19(20,21)22/h2-9H,10-13H2,1H3,(H,23,24). The molecule has 0 saturated carbocycles. The lowest BCUT2D eigenvalue weighted by Crippen LogP contribution is -2.24. The minimum absolute atomic E-state index is 0.320. The van der Waals surface area contributed by atoms with Crippen LogP contribution in [-0.4, -0.2) is 32.4 Å². The summed E-state index contributed by atoms with van der Waals surface area (Å²) in [6, 6.07) is 14.4. The third kappa shape index (κ3) is 8.10. The van der Waals surface area contributed by atoms with Gasteiger partial charge < -0.3 is 19.5 Å². The molecule has 27 heavy (non-hydrogen) atoms. The number of carbonyl (C=O) groups excluding carboxylic acids is 1. The number of rotatable bonds is 9. The summed E-state index contributed by atoms with van der Waals surface area (Å²) in [6.07, 6.45) is -4.46. The van der Waals surface area contributed by atoms with Gasteiger partial charge in [-0.25, -0.2) is 0 Å². The maximum Gasteiger partial charge on any atom is 0.411 e. The van der Waals surface area contributed by atoms with Crippen LogP contribution in [0.3, 0.4) is 0 Å². The lowest BCUT2D eigenvalue weighted by Gasteiger charge is -2.10. The van der Waals surface area contributed by atoms with Crippen molar-refractivity contribution in [2.24, 2.45) is 0 Å². The molecule has 0 atom stereocenters. The van der Waals surface area contributed by atoms with Crippen molar-refractivity contribution in [3.8, 4) is 5.75 Å². The van der Waals surface area contributed by atoms with E-state index in [0.29, 0.717) is 18.9 Å². The van der Waals surface area contributed by atoms with Crippen molar-refractivity contribution in [3.63, 3.8) is 0 Å². The molecule has 0 bridgehead atoms.